The molecule has 2 heteroatoms. The van der Waals surface area contributed by atoms with Gasteiger partial charge >= 0.3 is 0 Å². The first-order valence-corrected chi connectivity index (χ1v) is 7.46. The van der Waals surface area contributed by atoms with Gasteiger partial charge in [0.1, 0.15) is 0 Å². The maximum atomic E-state index is 3.61. The number of nitrogens with zero attached hydrogens (tertiary/aromatic N) is 1. The molecule has 2 rings (SSSR count). The molecule has 17 heavy (non-hydrogen) atoms. The summed E-state index contributed by atoms with van der Waals surface area (Å²) >= 11 is 0. The summed E-state index contributed by atoms with van der Waals surface area (Å²) in [6.45, 7) is 9.93. The van der Waals surface area contributed by atoms with Crippen LogP contribution < -0.4 is 5.32 Å². The summed E-state index contributed by atoms with van der Waals surface area (Å²) < 4.78 is 0. The van der Waals surface area contributed by atoms with Crippen molar-refractivity contribution in [3.63, 3.8) is 0 Å². The third-order valence-corrected chi connectivity index (χ3v) is 5.02. The highest BCUT2D eigenvalue weighted by atomic mass is 15.2. The molecule has 0 radical (unpaired) electrons. The van der Waals surface area contributed by atoms with Crippen molar-refractivity contribution in [3.05, 3.63) is 0 Å². The van der Waals surface area contributed by atoms with E-state index < -0.39 is 0 Å². The average molecular weight is 238 g/mol. The smallest absolute Gasteiger partial charge is 0.0271 e. The predicted molar refractivity (Wildman–Crippen MR) is 74.2 cm³/mol. The fourth-order valence-electron chi connectivity index (χ4n) is 4.11. The third-order valence-electron chi connectivity index (χ3n) is 5.02. The molecular formula is C15H30N2. The van der Waals surface area contributed by atoms with Crippen LogP contribution >= 0.6 is 0 Å². The molecule has 0 amide bonds. The Morgan fingerprint density at radius 1 is 1.18 bits per heavy atom. The molecule has 3 atom stereocenters. The summed E-state index contributed by atoms with van der Waals surface area (Å²) in [5, 5.41) is 3.61. The zero-order chi connectivity index (χ0) is 12.5. The highest BCUT2D eigenvalue weighted by Crippen LogP contribution is 2.38. The monoisotopic (exact) mass is 238 g/mol. The van der Waals surface area contributed by atoms with E-state index in [0.29, 0.717) is 11.5 Å². The minimum Gasteiger partial charge on any atom is -0.315 e. The second-order valence-corrected chi connectivity index (χ2v) is 6.96. The zero-order valence-electron chi connectivity index (χ0n) is 12.1. The number of nitrogens with one attached hydrogen (secondary N) is 1. The fourth-order valence-corrected chi connectivity index (χ4v) is 4.11. The molecule has 1 saturated heterocycles. The normalized spacial score (nSPS) is 39.2. The van der Waals surface area contributed by atoms with Crippen LogP contribution in [0.1, 0.15) is 52.9 Å². The summed E-state index contributed by atoms with van der Waals surface area (Å²) in [5.74, 6) is 0.895. The van der Waals surface area contributed by atoms with Gasteiger partial charge in [-0.05, 0) is 50.6 Å². The second-order valence-electron chi connectivity index (χ2n) is 6.96. The first-order valence-electron chi connectivity index (χ1n) is 7.46. The third kappa shape index (κ3) is 2.85. The minimum atomic E-state index is 0.457. The van der Waals surface area contributed by atoms with E-state index in [4.69, 9.17) is 0 Å². The molecule has 0 spiro atoms. The maximum Gasteiger partial charge on any atom is 0.0271 e. The van der Waals surface area contributed by atoms with E-state index in [-0.39, 0.29) is 0 Å². The molecular weight excluding hydrogens is 208 g/mol. The van der Waals surface area contributed by atoms with Crippen molar-refractivity contribution in [2.45, 2.75) is 65.0 Å². The molecule has 0 aromatic carbocycles. The van der Waals surface area contributed by atoms with Crippen LogP contribution in [-0.4, -0.2) is 37.1 Å². The average Bonchev–Trinajstić information content (AvgIpc) is 2.27. The first kappa shape index (κ1) is 13.4. The molecule has 0 bridgehead atoms. The molecule has 1 aliphatic carbocycles. The Balaban J connectivity index is 2.07. The molecule has 2 nitrogen and oxygen atoms in total. The van der Waals surface area contributed by atoms with Gasteiger partial charge in [0, 0.05) is 18.6 Å². The van der Waals surface area contributed by atoms with Crippen LogP contribution in [0.15, 0.2) is 0 Å². The molecule has 2 aliphatic rings. The van der Waals surface area contributed by atoms with E-state index >= 15 is 0 Å². The topological polar surface area (TPSA) is 15.3 Å². The Bertz CT molecular complexity index is 249. The number of piperidine rings is 1. The van der Waals surface area contributed by atoms with E-state index in [2.05, 4.69) is 38.0 Å². The fraction of sp³-hybridized carbons (Fsp3) is 1.00. The Morgan fingerprint density at radius 2 is 1.94 bits per heavy atom. The van der Waals surface area contributed by atoms with Gasteiger partial charge in [-0.3, -0.25) is 4.90 Å². The van der Waals surface area contributed by atoms with Gasteiger partial charge in [-0.25, -0.2) is 0 Å². The summed E-state index contributed by atoms with van der Waals surface area (Å²) in [4.78, 5) is 2.77. The van der Waals surface area contributed by atoms with Crippen LogP contribution in [0.4, 0.5) is 0 Å². The van der Waals surface area contributed by atoms with Crippen molar-refractivity contribution in [3.8, 4) is 0 Å². The maximum absolute atomic E-state index is 3.61. The van der Waals surface area contributed by atoms with E-state index in [1.54, 1.807) is 0 Å². The molecule has 100 valence electrons. The molecule has 1 heterocycles. The van der Waals surface area contributed by atoms with Gasteiger partial charge in [0.05, 0.1) is 0 Å². The van der Waals surface area contributed by atoms with Gasteiger partial charge in [-0.15, -0.1) is 0 Å². The van der Waals surface area contributed by atoms with Gasteiger partial charge in [0.2, 0.25) is 0 Å². The van der Waals surface area contributed by atoms with Gasteiger partial charge < -0.3 is 5.32 Å². The zero-order valence-corrected chi connectivity index (χ0v) is 12.1. The number of likely N-dealkylation sites (tertiary alicyclic amines) is 1. The van der Waals surface area contributed by atoms with Crippen molar-refractivity contribution in [1.29, 1.82) is 0 Å². The molecule has 1 saturated carbocycles. The Hall–Kier alpha value is -0.0800. The van der Waals surface area contributed by atoms with Crippen LogP contribution in [0.5, 0.6) is 0 Å². The Morgan fingerprint density at radius 3 is 2.59 bits per heavy atom. The molecule has 1 aliphatic heterocycles. The second kappa shape index (κ2) is 5.27. The summed E-state index contributed by atoms with van der Waals surface area (Å²) in [5.41, 5.74) is 0.457. The van der Waals surface area contributed by atoms with Crippen molar-refractivity contribution >= 4 is 0 Å². The summed E-state index contributed by atoms with van der Waals surface area (Å²) in [7, 11) is 2.15. The standard InChI is InChI=1S/C15H30N2/c1-12-7-6-10-17(11-12)13-8-5-9-15(2,3)14(13)16-4/h12-14,16H,5-11H2,1-4H3. The minimum absolute atomic E-state index is 0.457. The number of likely N-dealkylation sites (N-methyl/N-ethyl adjacent to an activating group) is 1. The van der Waals surface area contributed by atoms with E-state index in [0.717, 1.165) is 12.0 Å². The van der Waals surface area contributed by atoms with Gasteiger partial charge in [-0.1, -0.05) is 27.2 Å². The van der Waals surface area contributed by atoms with Crippen LogP contribution in [0.3, 0.4) is 0 Å². The van der Waals surface area contributed by atoms with E-state index in [1.807, 2.05) is 0 Å². The number of rotatable bonds is 2. The number of hydrogen-bond acceptors (Lipinski definition) is 2. The molecule has 0 aromatic rings. The van der Waals surface area contributed by atoms with Gasteiger partial charge in [0.15, 0.2) is 0 Å². The van der Waals surface area contributed by atoms with E-state index in [1.165, 1.54) is 45.2 Å². The molecule has 3 unspecified atom stereocenters. The summed E-state index contributed by atoms with van der Waals surface area (Å²) in [6, 6.07) is 1.44. The van der Waals surface area contributed by atoms with Crippen molar-refractivity contribution in [2.24, 2.45) is 11.3 Å². The lowest BCUT2D eigenvalue weighted by atomic mass is 9.70. The highest BCUT2D eigenvalue weighted by Gasteiger charge is 2.41. The molecule has 0 aromatic heterocycles. The number of hydrogen-bond donors (Lipinski definition) is 1. The Kier molecular flexibility index (Phi) is 4.14. The van der Waals surface area contributed by atoms with E-state index in [9.17, 15) is 0 Å². The van der Waals surface area contributed by atoms with Gasteiger partial charge in [-0.2, -0.15) is 0 Å². The largest absolute Gasteiger partial charge is 0.315 e. The van der Waals surface area contributed by atoms with Gasteiger partial charge in [0.25, 0.3) is 0 Å². The molecule has 1 N–H and O–H groups in total. The SMILES string of the molecule is CNC1C(N2CCCC(C)C2)CCCC1(C)C. The molecule has 2 fully saturated rings. The lowest BCUT2D eigenvalue weighted by Crippen LogP contribution is -2.59. The van der Waals surface area contributed by atoms with Crippen LogP contribution in [0.2, 0.25) is 0 Å². The van der Waals surface area contributed by atoms with Crippen molar-refractivity contribution < 1.29 is 0 Å². The Labute approximate surface area is 107 Å². The van der Waals surface area contributed by atoms with Crippen molar-refractivity contribution in [1.82, 2.24) is 10.2 Å². The van der Waals surface area contributed by atoms with Crippen LogP contribution in [0, 0.1) is 11.3 Å². The predicted octanol–water partition coefficient (Wildman–Crippen LogP) is 2.89. The highest BCUT2D eigenvalue weighted by molar-refractivity contribution is 4.98. The van der Waals surface area contributed by atoms with Crippen molar-refractivity contribution in [2.75, 3.05) is 20.1 Å². The lowest BCUT2D eigenvalue weighted by Gasteiger charge is -2.50. The lowest BCUT2D eigenvalue weighted by molar-refractivity contribution is 0.0294. The van der Waals surface area contributed by atoms with Crippen LogP contribution in [0.25, 0.3) is 0 Å². The first-order chi connectivity index (χ1) is 8.04. The summed E-state index contributed by atoms with van der Waals surface area (Å²) in [6.07, 6.45) is 6.99. The van der Waals surface area contributed by atoms with Crippen LogP contribution in [-0.2, 0) is 0 Å². The quantitative estimate of drug-likeness (QED) is 0.796.